The van der Waals surface area contributed by atoms with E-state index in [1.54, 1.807) is 18.2 Å². The molecular formula is C21H25NO6S. The van der Waals surface area contributed by atoms with Crippen LogP contribution in [0.5, 0.6) is 11.5 Å². The smallest absolute Gasteiger partial charge is 0.335 e. The van der Waals surface area contributed by atoms with Gasteiger partial charge in [-0.2, -0.15) is 4.31 Å². The normalized spacial score (nSPS) is 15.5. The molecule has 2 aromatic rings. The lowest BCUT2D eigenvalue weighted by Crippen LogP contribution is -2.32. The minimum Gasteiger partial charge on any atom is -0.497 e. The maximum atomic E-state index is 13.3. The Labute approximate surface area is 170 Å². The van der Waals surface area contributed by atoms with Gasteiger partial charge in [0.1, 0.15) is 11.5 Å². The van der Waals surface area contributed by atoms with E-state index in [4.69, 9.17) is 9.47 Å². The van der Waals surface area contributed by atoms with Crippen LogP contribution in [0.4, 0.5) is 0 Å². The molecule has 0 amide bonds. The molecule has 2 aromatic carbocycles. The summed E-state index contributed by atoms with van der Waals surface area (Å²) in [5, 5.41) is 9.56. The molecule has 8 heteroatoms. The number of hydrogen-bond donors (Lipinski definition) is 1. The highest BCUT2D eigenvalue weighted by Crippen LogP contribution is 2.36. The summed E-state index contributed by atoms with van der Waals surface area (Å²) in [6.07, 6.45) is 3.59. The zero-order chi connectivity index (χ0) is 21.0. The van der Waals surface area contributed by atoms with Crippen molar-refractivity contribution in [1.82, 2.24) is 4.31 Å². The summed E-state index contributed by atoms with van der Waals surface area (Å²) in [6, 6.07) is 9.29. The average molecular weight is 419 g/mol. The van der Waals surface area contributed by atoms with E-state index in [9.17, 15) is 18.3 Å². The Morgan fingerprint density at radius 3 is 2.24 bits per heavy atom. The molecule has 0 bridgehead atoms. The van der Waals surface area contributed by atoms with Gasteiger partial charge in [-0.15, -0.1) is 0 Å². The van der Waals surface area contributed by atoms with Crippen LogP contribution in [-0.2, 0) is 10.0 Å². The Morgan fingerprint density at radius 1 is 0.966 bits per heavy atom. The van der Waals surface area contributed by atoms with Gasteiger partial charge in [-0.3, -0.25) is 0 Å². The second-order valence-corrected chi connectivity index (χ2v) is 8.87. The van der Waals surface area contributed by atoms with Crippen molar-refractivity contribution < 1.29 is 27.8 Å². The first-order chi connectivity index (χ1) is 13.9. The second kappa shape index (κ2) is 8.84. The van der Waals surface area contributed by atoms with E-state index in [-0.39, 0.29) is 10.5 Å². The van der Waals surface area contributed by atoms with Crippen molar-refractivity contribution in [3.05, 3.63) is 42.0 Å². The van der Waals surface area contributed by atoms with Crippen LogP contribution in [0.3, 0.4) is 0 Å². The van der Waals surface area contributed by atoms with Gasteiger partial charge in [-0.25, -0.2) is 13.2 Å². The molecule has 0 saturated carbocycles. The van der Waals surface area contributed by atoms with E-state index in [1.165, 1.54) is 36.7 Å². The van der Waals surface area contributed by atoms with Gasteiger partial charge in [0.25, 0.3) is 0 Å². The summed E-state index contributed by atoms with van der Waals surface area (Å²) < 4.78 is 38.6. The van der Waals surface area contributed by atoms with E-state index in [1.807, 2.05) is 0 Å². The van der Waals surface area contributed by atoms with E-state index >= 15 is 0 Å². The Hall–Kier alpha value is -2.58. The van der Waals surface area contributed by atoms with Crippen LogP contribution < -0.4 is 9.47 Å². The Kier molecular flexibility index (Phi) is 6.44. The summed E-state index contributed by atoms with van der Waals surface area (Å²) >= 11 is 0. The van der Waals surface area contributed by atoms with Gasteiger partial charge in [0.05, 0.1) is 24.7 Å². The second-order valence-electron chi connectivity index (χ2n) is 6.94. The number of hydrogen-bond acceptors (Lipinski definition) is 5. The summed E-state index contributed by atoms with van der Waals surface area (Å²) in [5.74, 6) is -0.147. The van der Waals surface area contributed by atoms with Crippen LogP contribution in [0.2, 0.25) is 0 Å². The van der Waals surface area contributed by atoms with E-state index in [0.717, 1.165) is 25.7 Å². The molecule has 3 rings (SSSR count). The van der Waals surface area contributed by atoms with E-state index in [0.29, 0.717) is 35.7 Å². The first-order valence-corrected chi connectivity index (χ1v) is 10.9. The number of carboxylic acid groups (broad SMARTS) is 1. The number of nitrogens with zero attached hydrogens (tertiary/aromatic N) is 1. The van der Waals surface area contributed by atoms with Crippen LogP contribution in [0.15, 0.2) is 41.3 Å². The molecule has 1 heterocycles. The zero-order valence-corrected chi connectivity index (χ0v) is 17.4. The molecule has 7 nitrogen and oxygen atoms in total. The molecule has 0 spiro atoms. The fraction of sp³-hybridized carbons (Fsp3) is 0.381. The quantitative estimate of drug-likeness (QED) is 0.768. The lowest BCUT2D eigenvalue weighted by atomic mass is 10.0. The number of methoxy groups -OCH3 is 2. The van der Waals surface area contributed by atoms with Gasteiger partial charge in [0.2, 0.25) is 10.0 Å². The standard InChI is InChI=1S/C21H25NO6S/c1-27-17-7-8-20(28-2)19(14-17)15-11-16(21(23)24)13-18(12-15)29(25,26)22-9-5-3-4-6-10-22/h7-8,11-14H,3-6,9-10H2,1-2H3,(H,23,24). The lowest BCUT2D eigenvalue weighted by Gasteiger charge is -2.21. The molecule has 0 aromatic heterocycles. The predicted molar refractivity (Wildman–Crippen MR) is 109 cm³/mol. The van der Waals surface area contributed by atoms with Gasteiger partial charge in [-0.05, 0) is 54.8 Å². The van der Waals surface area contributed by atoms with Crippen molar-refractivity contribution >= 4 is 16.0 Å². The van der Waals surface area contributed by atoms with Crippen molar-refractivity contribution in [3.63, 3.8) is 0 Å². The number of rotatable bonds is 6. The topological polar surface area (TPSA) is 93.1 Å². The maximum Gasteiger partial charge on any atom is 0.335 e. The van der Waals surface area contributed by atoms with Gasteiger partial charge >= 0.3 is 5.97 Å². The Morgan fingerprint density at radius 2 is 1.66 bits per heavy atom. The molecule has 1 saturated heterocycles. The first-order valence-electron chi connectivity index (χ1n) is 9.48. The molecule has 0 radical (unpaired) electrons. The fourth-order valence-corrected chi connectivity index (χ4v) is 5.09. The predicted octanol–water partition coefficient (Wildman–Crippen LogP) is 3.63. The monoisotopic (exact) mass is 419 g/mol. The average Bonchev–Trinajstić information content (AvgIpc) is 3.03. The third kappa shape index (κ3) is 4.54. The highest BCUT2D eigenvalue weighted by molar-refractivity contribution is 7.89. The van der Waals surface area contributed by atoms with E-state index < -0.39 is 16.0 Å². The summed E-state index contributed by atoms with van der Waals surface area (Å²) in [4.78, 5) is 11.7. The number of ether oxygens (including phenoxy) is 2. The molecule has 29 heavy (non-hydrogen) atoms. The SMILES string of the molecule is COc1ccc(OC)c(-c2cc(C(=O)O)cc(S(=O)(=O)N3CCCCCC3)c2)c1. The highest BCUT2D eigenvalue weighted by Gasteiger charge is 2.27. The van der Waals surface area contributed by atoms with Crippen molar-refractivity contribution in [3.8, 4) is 22.6 Å². The largest absolute Gasteiger partial charge is 0.497 e. The van der Waals surface area contributed by atoms with Gasteiger partial charge in [0.15, 0.2) is 0 Å². The molecule has 1 aliphatic heterocycles. The number of carbonyl (C=O) groups is 1. The minimum atomic E-state index is -3.81. The number of carboxylic acids is 1. The van der Waals surface area contributed by atoms with Crippen molar-refractivity contribution in [2.24, 2.45) is 0 Å². The number of benzene rings is 2. The molecule has 0 unspecified atom stereocenters. The summed E-state index contributed by atoms with van der Waals surface area (Å²) in [6.45, 7) is 0.884. The van der Waals surface area contributed by atoms with Crippen molar-refractivity contribution in [2.45, 2.75) is 30.6 Å². The van der Waals surface area contributed by atoms with Crippen LogP contribution in [-0.4, -0.2) is 51.1 Å². The Bertz CT molecular complexity index is 994. The molecule has 156 valence electrons. The van der Waals surface area contributed by atoms with Crippen LogP contribution in [0.1, 0.15) is 36.0 Å². The molecular weight excluding hydrogens is 394 g/mol. The molecule has 1 N–H and O–H groups in total. The molecule has 0 atom stereocenters. The Balaban J connectivity index is 2.16. The molecule has 1 fully saturated rings. The van der Waals surface area contributed by atoms with E-state index in [2.05, 4.69) is 0 Å². The minimum absolute atomic E-state index is 0.0285. The third-order valence-corrected chi connectivity index (χ3v) is 6.95. The summed E-state index contributed by atoms with van der Waals surface area (Å²) in [7, 11) is -0.786. The van der Waals surface area contributed by atoms with Crippen LogP contribution >= 0.6 is 0 Å². The molecule has 0 aliphatic carbocycles. The third-order valence-electron chi connectivity index (χ3n) is 5.07. The summed E-state index contributed by atoms with van der Waals surface area (Å²) in [5.41, 5.74) is 0.900. The number of sulfonamides is 1. The van der Waals surface area contributed by atoms with Gasteiger partial charge in [-0.1, -0.05) is 12.8 Å². The zero-order valence-electron chi connectivity index (χ0n) is 16.6. The van der Waals surface area contributed by atoms with Gasteiger partial charge < -0.3 is 14.6 Å². The number of aromatic carboxylic acids is 1. The van der Waals surface area contributed by atoms with Crippen LogP contribution in [0, 0.1) is 0 Å². The fourth-order valence-electron chi connectivity index (χ4n) is 3.50. The maximum absolute atomic E-state index is 13.3. The van der Waals surface area contributed by atoms with Crippen molar-refractivity contribution in [1.29, 1.82) is 0 Å². The first kappa shape index (κ1) is 21.1. The molecule has 1 aliphatic rings. The lowest BCUT2D eigenvalue weighted by molar-refractivity contribution is 0.0696. The van der Waals surface area contributed by atoms with Gasteiger partial charge in [0, 0.05) is 18.7 Å². The van der Waals surface area contributed by atoms with Crippen LogP contribution in [0.25, 0.3) is 11.1 Å². The highest BCUT2D eigenvalue weighted by atomic mass is 32.2. The van der Waals surface area contributed by atoms with Crippen molar-refractivity contribution in [2.75, 3.05) is 27.3 Å².